The lowest BCUT2D eigenvalue weighted by Gasteiger charge is -2.35. The zero-order valence-electron chi connectivity index (χ0n) is 61.9. The summed E-state index contributed by atoms with van der Waals surface area (Å²) in [5, 5.41) is 114. The molecule has 0 bridgehead atoms. The number of aliphatic hydroxyl groups excluding tert-OH is 7. The van der Waals surface area contributed by atoms with E-state index in [-0.39, 0.29) is 55.9 Å². The molecule has 0 aliphatic carbocycles. The number of carbonyl (C=O) groups is 11. The highest BCUT2D eigenvalue weighted by atomic mass is 32.2. The van der Waals surface area contributed by atoms with Crippen molar-refractivity contribution in [2.75, 3.05) is 44.8 Å². The second-order valence-corrected chi connectivity index (χ2v) is 29.7. The van der Waals surface area contributed by atoms with Crippen LogP contribution in [0.4, 0.5) is 0 Å². The van der Waals surface area contributed by atoms with Crippen LogP contribution < -0.4 is 53.6 Å². The molecule has 19 atom stereocenters. The van der Waals surface area contributed by atoms with Gasteiger partial charge < -0.3 is 109 Å². The smallest absolute Gasteiger partial charge is 0.248 e. The van der Waals surface area contributed by atoms with Crippen LogP contribution in [-0.4, -0.2) is 258 Å². The summed E-state index contributed by atoms with van der Waals surface area (Å²) >= 11 is 1.45. The van der Waals surface area contributed by atoms with Gasteiger partial charge in [0.1, 0.15) is 78.4 Å². The SMILES string of the molecule is CC[C@H](C)C[C@H](C)CCCCCCCCC(=O)N[C@H]1C[C@@H](O)[C@@H](OCCNC(=O)[C@H](Cc2ccccc2)NC(=O)[C@H](CC(C)C)NC(=O)[C@H](CCSC)NC=O)NC(=O)[C@@H]2[C@@H](O)CCN2C(=O)[C@H]([C@H](O)CCN)NC(=O)[C@H]([C@H](O)[C@@H](O)c2ccc(O)cc2)NC(=O)[C@@H]2C[C@@H](O)CN2C(=O)[C@H]([C@@H](C)O)NC1=O. The molecule has 0 saturated carbocycles. The molecule has 2 aromatic carbocycles. The van der Waals surface area contributed by atoms with Gasteiger partial charge in [0, 0.05) is 45.3 Å². The Labute approximate surface area is 624 Å². The fourth-order valence-corrected chi connectivity index (χ4v) is 13.8. The van der Waals surface area contributed by atoms with E-state index in [4.69, 9.17) is 10.5 Å². The number of unbranched alkanes of at least 4 members (excludes halogenated alkanes) is 5. The van der Waals surface area contributed by atoms with Gasteiger partial charge in [-0.1, -0.05) is 122 Å². The van der Waals surface area contributed by atoms with E-state index in [1.54, 1.807) is 30.3 Å². The first kappa shape index (κ1) is 89.0. The Morgan fingerprint density at radius 2 is 1.32 bits per heavy atom. The van der Waals surface area contributed by atoms with Crippen molar-refractivity contribution in [2.45, 2.75) is 254 Å². The molecular weight excluding hydrogens is 1400 g/mol. The van der Waals surface area contributed by atoms with Gasteiger partial charge in [-0.3, -0.25) is 52.7 Å². The van der Waals surface area contributed by atoms with Crippen LogP contribution in [0.15, 0.2) is 54.6 Å². The van der Waals surface area contributed by atoms with E-state index in [2.05, 4.69) is 68.6 Å². The molecule has 106 heavy (non-hydrogen) atoms. The Morgan fingerprint density at radius 3 is 1.96 bits per heavy atom. The fourth-order valence-electron chi connectivity index (χ4n) is 13.3. The van der Waals surface area contributed by atoms with E-state index in [9.17, 15) is 88.8 Å². The summed E-state index contributed by atoms with van der Waals surface area (Å²) in [4.78, 5) is 159. The Morgan fingerprint density at radius 1 is 0.689 bits per heavy atom. The van der Waals surface area contributed by atoms with E-state index in [0.29, 0.717) is 42.4 Å². The Balaban J connectivity index is 1.55. The molecule has 0 unspecified atom stereocenters. The van der Waals surface area contributed by atoms with E-state index in [1.807, 2.05) is 20.1 Å². The number of rotatable bonds is 38. The molecule has 5 rings (SSSR count). The number of thioether (sulfide) groups is 1. The number of carbonyl (C=O) groups excluding carboxylic acids is 11. The van der Waals surface area contributed by atoms with Gasteiger partial charge in [0.05, 0.1) is 31.0 Å². The Bertz CT molecular complexity index is 3150. The van der Waals surface area contributed by atoms with Crippen LogP contribution in [-0.2, 0) is 63.9 Å². The second kappa shape index (κ2) is 45.3. The number of hydrogen-bond donors (Lipinski definition) is 18. The highest BCUT2D eigenvalue weighted by molar-refractivity contribution is 7.98. The van der Waals surface area contributed by atoms with Crippen LogP contribution in [0.5, 0.6) is 5.75 Å². The molecule has 3 aliphatic heterocycles. The zero-order chi connectivity index (χ0) is 78.3. The third-order valence-electron chi connectivity index (χ3n) is 19.5. The Hall–Kier alpha value is -7.60. The molecular formula is C73H116N12O20S. The number of nitrogens with zero attached hydrogens (tertiary/aromatic N) is 2. The molecule has 33 heteroatoms. The van der Waals surface area contributed by atoms with Crippen LogP contribution in [0.1, 0.15) is 162 Å². The van der Waals surface area contributed by atoms with Crippen molar-refractivity contribution >= 4 is 77.2 Å². The van der Waals surface area contributed by atoms with Crippen LogP contribution in [0.25, 0.3) is 0 Å². The minimum atomic E-state index is -2.36. The molecule has 2 aromatic rings. The summed E-state index contributed by atoms with van der Waals surface area (Å²) < 4.78 is 6.15. The van der Waals surface area contributed by atoms with Gasteiger partial charge in [0.25, 0.3) is 0 Å². The molecule has 32 nitrogen and oxygen atoms in total. The van der Waals surface area contributed by atoms with E-state index in [0.717, 1.165) is 73.8 Å². The van der Waals surface area contributed by atoms with Crippen molar-refractivity contribution in [2.24, 2.45) is 23.5 Å². The summed E-state index contributed by atoms with van der Waals surface area (Å²) in [6.07, 6.45) is -7.10. The maximum absolute atomic E-state index is 15.0. The first-order valence-electron chi connectivity index (χ1n) is 37.0. The predicted molar refractivity (Wildman–Crippen MR) is 392 cm³/mol. The molecule has 3 heterocycles. The molecule has 0 radical (unpaired) electrons. The normalized spacial score (nSPS) is 24.7. The largest absolute Gasteiger partial charge is 0.508 e. The van der Waals surface area contributed by atoms with Crippen molar-refractivity contribution < 1.29 is 98.3 Å². The highest BCUT2D eigenvalue weighted by Gasteiger charge is 2.49. The number of fused-ring (bicyclic) bond motifs is 2. The predicted octanol–water partition coefficient (Wildman–Crippen LogP) is -1.60. The third kappa shape index (κ3) is 27.9. The standard InChI is InChI=1S/C73H116N12O20S/c1-8-42(4)35-43(5)18-14-11-9-10-12-17-21-57(93)77-52-38-56(92)71(105-32-30-75-64(96)51(36-45-19-15-13-16-20-45)79-66(98)50(34-41(2)3)78-65(97)49(76-40-86)28-33-106-7)83-70(102)61-55(91)27-31-84(61)73(104)59(54(90)26-29-74)81-69(101)60(63(95)62(94)46-22-24-47(88)25-23-46)82-68(100)53-37-48(89)39-85(53)72(103)58(44(6)87)80-67(52)99/h13,15-16,19-20,22-25,40-44,48-56,58-63,71,87-92,94-95H,8-12,14,17-18,21,26-39,74H2,1-7H3,(H,75,96)(H,76,86)(H,77,93)(H,78,97)(H,79,98)(H,80,99)(H,81,101)(H,82,100)(H,83,102)/t42-,43+,44+,48+,49-,50-,51-,52-,53-,54+,55-,56+,58-,59-,60-,61-,62-,63-,71+/m0/s1. The van der Waals surface area contributed by atoms with Crippen molar-refractivity contribution in [3.63, 3.8) is 0 Å². The van der Waals surface area contributed by atoms with Crippen molar-refractivity contribution in [3.8, 4) is 5.75 Å². The molecule has 3 aliphatic rings. The summed E-state index contributed by atoms with van der Waals surface area (Å²) in [5.41, 5.74) is 6.35. The summed E-state index contributed by atoms with van der Waals surface area (Å²) in [5.74, 6) is -9.09. The molecule has 19 N–H and O–H groups in total. The van der Waals surface area contributed by atoms with Crippen LogP contribution in [0.3, 0.4) is 0 Å². The monoisotopic (exact) mass is 1510 g/mol. The van der Waals surface area contributed by atoms with Crippen LogP contribution in [0, 0.1) is 17.8 Å². The van der Waals surface area contributed by atoms with Gasteiger partial charge in [0.15, 0.2) is 6.23 Å². The number of phenols is 1. The number of aromatic hydroxyl groups is 1. The van der Waals surface area contributed by atoms with Gasteiger partial charge in [-0.25, -0.2) is 0 Å². The van der Waals surface area contributed by atoms with Gasteiger partial charge in [-0.2, -0.15) is 11.8 Å². The lowest BCUT2D eigenvalue weighted by atomic mass is 9.91. The number of ether oxygens (including phenoxy) is 1. The van der Waals surface area contributed by atoms with Crippen molar-refractivity contribution in [1.29, 1.82) is 0 Å². The first-order chi connectivity index (χ1) is 50.4. The maximum atomic E-state index is 15.0. The van der Waals surface area contributed by atoms with Gasteiger partial charge in [-0.05, 0) is 105 Å². The van der Waals surface area contributed by atoms with Crippen LogP contribution >= 0.6 is 11.8 Å². The molecule has 3 fully saturated rings. The summed E-state index contributed by atoms with van der Waals surface area (Å²) in [7, 11) is 0. The minimum absolute atomic E-state index is 0.0775. The second-order valence-electron chi connectivity index (χ2n) is 28.7. The number of amides is 11. The number of nitrogens with two attached hydrogens (primary N) is 1. The third-order valence-corrected chi connectivity index (χ3v) is 20.1. The lowest BCUT2D eigenvalue weighted by Crippen LogP contribution is -2.64. The highest BCUT2D eigenvalue weighted by Crippen LogP contribution is 2.28. The van der Waals surface area contributed by atoms with Gasteiger partial charge >= 0.3 is 0 Å². The first-order valence-corrected chi connectivity index (χ1v) is 38.4. The quantitative estimate of drug-likeness (QED) is 0.0266. The molecule has 11 amide bonds. The van der Waals surface area contributed by atoms with E-state index < -0.39 is 208 Å². The number of benzene rings is 2. The van der Waals surface area contributed by atoms with Gasteiger partial charge in [0.2, 0.25) is 65.5 Å². The van der Waals surface area contributed by atoms with Gasteiger partial charge in [-0.15, -0.1) is 0 Å². The molecule has 0 spiro atoms. The summed E-state index contributed by atoms with van der Waals surface area (Å²) in [6, 6.07) is -2.20. The molecule has 0 aromatic heterocycles. The lowest BCUT2D eigenvalue weighted by molar-refractivity contribution is -0.150. The zero-order valence-corrected chi connectivity index (χ0v) is 62.8. The van der Waals surface area contributed by atoms with Crippen molar-refractivity contribution in [3.05, 3.63) is 65.7 Å². The maximum Gasteiger partial charge on any atom is 0.248 e. The molecule has 3 saturated heterocycles. The topological polar surface area (TPSA) is 500 Å². The van der Waals surface area contributed by atoms with E-state index in [1.165, 1.54) is 23.9 Å². The average molecular weight is 1510 g/mol. The summed E-state index contributed by atoms with van der Waals surface area (Å²) in [6.45, 7) is 9.02. The number of nitrogens with one attached hydrogen (secondary N) is 9. The fraction of sp³-hybridized carbons (Fsp3) is 0.685. The number of hydrogen-bond acceptors (Lipinski definition) is 22. The van der Waals surface area contributed by atoms with E-state index >= 15 is 4.79 Å². The van der Waals surface area contributed by atoms with Crippen molar-refractivity contribution in [1.82, 2.24) is 57.7 Å². The molecule has 594 valence electrons. The average Bonchev–Trinajstić information content (AvgIpc) is 1.59. The minimum Gasteiger partial charge on any atom is -0.508 e. The number of phenolic OH excluding ortho intramolecular Hbond substituents is 1. The number of aliphatic hydroxyl groups is 7. The Kier molecular flexibility index (Phi) is 38.0. The van der Waals surface area contributed by atoms with Crippen LogP contribution in [0.2, 0.25) is 0 Å².